The van der Waals surface area contributed by atoms with Crippen molar-refractivity contribution in [3.8, 4) is 0 Å². The minimum Gasteiger partial charge on any atom is -0.369 e. The summed E-state index contributed by atoms with van der Waals surface area (Å²) in [6.07, 6.45) is 3.94. The first-order chi connectivity index (χ1) is 20.2. The highest BCUT2D eigenvalue weighted by molar-refractivity contribution is 6.10. The summed E-state index contributed by atoms with van der Waals surface area (Å²) in [5.74, 6) is 1.46. The van der Waals surface area contributed by atoms with E-state index >= 15 is 0 Å². The topological polar surface area (TPSA) is 81.7 Å². The Morgan fingerprint density at radius 2 is 1.74 bits per heavy atom. The van der Waals surface area contributed by atoms with E-state index in [-0.39, 0.29) is 12.1 Å². The Morgan fingerprint density at radius 1 is 1.05 bits per heavy atom. The van der Waals surface area contributed by atoms with Crippen molar-refractivity contribution in [3.05, 3.63) is 77.4 Å². The van der Waals surface area contributed by atoms with Gasteiger partial charge in [0.25, 0.3) is 0 Å². The molecule has 0 spiro atoms. The number of hydrogen-bond acceptors (Lipinski definition) is 8. The molecule has 0 radical (unpaired) electrons. The molecule has 2 amide bonds. The Morgan fingerprint density at radius 3 is 2.36 bits per heavy atom. The second-order valence-corrected chi connectivity index (χ2v) is 11.5. The number of nitrogens with one attached hydrogen (secondary N) is 3. The third-order valence-corrected chi connectivity index (χ3v) is 8.17. The van der Waals surface area contributed by atoms with Crippen LogP contribution in [0.1, 0.15) is 31.9 Å². The van der Waals surface area contributed by atoms with E-state index in [1.165, 1.54) is 5.69 Å². The van der Waals surface area contributed by atoms with Crippen LogP contribution in [0.5, 0.6) is 0 Å². The summed E-state index contributed by atoms with van der Waals surface area (Å²) in [6, 6.07) is 14.6. The Balaban J connectivity index is 1.37. The molecule has 3 aliphatic rings. The molecule has 1 saturated heterocycles. The maximum absolute atomic E-state index is 13.9. The van der Waals surface area contributed by atoms with Crippen LogP contribution >= 0.6 is 0 Å². The lowest BCUT2D eigenvalue weighted by Crippen LogP contribution is -2.46. The lowest BCUT2D eigenvalue weighted by atomic mass is 10.1. The van der Waals surface area contributed by atoms with Gasteiger partial charge in [-0.2, -0.15) is 0 Å². The van der Waals surface area contributed by atoms with E-state index in [9.17, 15) is 4.79 Å². The van der Waals surface area contributed by atoms with Crippen LogP contribution in [0.4, 0.5) is 21.9 Å². The number of carbonyl (C=O) groups is 1. The zero-order valence-electron chi connectivity index (χ0n) is 25.8. The number of carbonyl (C=O) groups excluding carboxylic acids is 1. The van der Waals surface area contributed by atoms with Crippen LogP contribution in [-0.4, -0.2) is 90.6 Å². The van der Waals surface area contributed by atoms with Gasteiger partial charge in [-0.1, -0.05) is 25.1 Å². The van der Waals surface area contributed by atoms with Gasteiger partial charge in [0.2, 0.25) is 0 Å². The molecular formula is C32H45N9O. The molecule has 0 atom stereocenters. The number of urea groups is 1. The molecule has 224 valence electrons. The first kappa shape index (κ1) is 29.5. The van der Waals surface area contributed by atoms with Gasteiger partial charge in [-0.25, -0.2) is 20.1 Å². The van der Waals surface area contributed by atoms with Gasteiger partial charge in [0, 0.05) is 68.6 Å². The zero-order valence-corrected chi connectivity index (χ0v) is 25.8. The Hall–Kier alpha value is -4.02. The maximum Gasteiger partial charge on any atom is 0.332 e. The molecule has 0 unspecified atom stereocenters. The lowest BCUT2D eigenvalue weighted by Gasteiger charge is -2.35. The number of amidine groups is 1. The third kappa shape index (κ3) is 6.55. The number of benzene rings is 2. The summed E-state index contributed by atoms with van der Waals surface area (Å²) >= 11 is 0. The van der Waals surface area contributed by atoms with E-state index in [1.54, 1.807) is 4.90 Å². The average molecular weight is 572 g/mol. The van der Waals surface area contributed by atoms with E-state index in [2.05, 4.69) is 70.9 Å². The van der Waals surface area contributed by atoms with Crippen LogP contribution < -0.4 is 21.0 Å². The first-order valence-electron chi connectivity index (χ1n) is 14.9. The van der Waals surface area contributed by atoms with Crippen molar-refractivity contribution in [2.24, 2.45) is 4.99 Å². The molecule has 3 heterocycles. The van der Waals surface area contributed by atoms with Gasteiger partial charge in [0.05, 0.1) is 12.2 Å². The SMILES string of the molecule is CCN1CCN(c2ccc(NC3=CC(N(C(=O)Nc4c(C)cccc4C)C4=CN(C(C)C)NC4)=NCN3C)cc2)CC1. The highest BCUT2D eigenvalue weighted by Crippen LogP contribution is 2.25. The maximum atomic E-state index is 13.9. The smallest absolute Gasteiger partial charge is 0.332 e. The summed E-state index contributed by atoms with van der Waals surface area (Å²) in [4.78, 5) is 27.4. The largest absolute Gasteiger partial charge is 0.369 e. The molecule has 3 aliphatic heterocycles. The number of para-hydroxylation sites is 1. The van der Waals surface area contributed by atoms with E-state index in [0.29, 0.717) is 19.0 Å². The van der Waals surface area contributed by atoms with Gasteiger partial charge in [-0.15, -0.1) is 0 Å². The molecule has 0 saturated carbocycles. The number of nitrogens with zero attached hydrogens (tertiary/aromatic N) is 6. The van der Waals surface area contributed by atoms with Gasteiger partial charge in [-0.3, -0.25) is 0 Å². The Labute approximate surface area is 250 Å². The summed E-state index contributed by atoms with van der Waals surface area (Å²) in [7, 11) is 2.00. The normalized spacial score (nSPS) is 17.7. The van der Waals surface area contributed by atoms with E-state index in [1.807, 2.05) is 61.3 Å². The molecule has 2 aromatic carbocycles. The molecule has 0 aliphatic carbocycles. The minimum atomic E-state index is -0.238. The number of aliphatic imine (C=N–C) groups is 1. The summed E-state index contributed by atoms with van der Waals surface area (Å²) in [5.41, 5.74) is 9.30. The first-order valence-corrected chi connectivity index (χ1v) is 14.9. The highest BCUT2D eigenvalue weighted by Gasteiger charge is 2.30. The number of rotatable bonds is 7. The van der Waals surface area contributed by atoms with Gasteiger partial charge in [0.1, 0.15) is 18.3 Å². The fourth-order valence-electron chi connectivity index (χ4n) is 5.47. The molecule has 2 aromatic rings. The molecule has 0 aromatic heterocycles. The second-order valence-electron chi connectivity index (χ2n) is 11.5. The number of aryl methyl sites for hydroxylation is 2. The van der Waals surface area contributed by atoms with Crippen LogP contribution in [0.3, 0.4) is 0 Å². The van der Waals surface area contributed by atoms with Gasteiger partial charge < -0.3 is 30.3 Å². The lowest BCUT2D eigenvalue weighted by molar-refractivity contribution is 0.239. The zero-order chi connectivity index (χ0) is 29.8. The Kier molecular flexibility index (Phi) is 9.03. The van der Waals surface area contributed by atoms with E-state index in [4.69, 9.17) is 4.99 Å². The van der Waals surface area contributed by atoms with Crippen molar-refractivity contribution in [2.45, 2.75) is 40.7 Å². The standard InChI is InChI=1S/C32H45N9O/c1-7-38-15-17-39(18-16-38)27-13-11-26(12-14-27)35-30-19-29(33-22-37(30)6)41(28-20-34-40(21-28)23(2)3)32(42)36-31-24(4)9-8-10-25(31)5/h8-14,19,21,23,34-35H,7,15-18,20,22H2,1-6H3,(H,36,42). The molecule has 10 heteroatoms. The van der Waals surface area contributed by atoms with Crippen molar-refractivity contribution in [2.75, 3.05) is 68.5 Å². The quantitative estimate of drug-likeness (QED) is 0.448. The predicted octanol–water partition coefficient (Wildman–Crippen LogP) is 4.60. The predicted molar refractivity (Wildman–Crippen MR) is 172 cm³/mol. The highest BCUT2D eigenvalue weighted by atomic mass is 16.2. The van der Waals surface area contributed by atoms with Gasteiger partial charge >= 0.3 is 6.03 Å². The van der Waals surface area contributed by atoms with Crippen LogP contribution in [0.25, 0.3) is 0 Å². The van der Waals surface area contributed by atoms with Crippen LogP contribution in [0.15, 0.2) is 71.3 Å². The van der Waals surface area contributed by atoms with E-state index < -0.39 is 0 Å². The van der Waals surface area contributed by atoms with Crippen molar-refractivity contribution in [1.29, 1.82) is 0 Å². The van der Waals surface area contributed by atoms with Crippen molar-refractivity contribution in [1.82, 2.24) is 25.1 Å². The van der Waals surface area contributed by atoms with Gasteiger partial charge in [0.15, 0.2) is 0 Å². The van der Waals surface area contributed by atoms with Crippen molar-refractivity contribution < 1.29 is 4.79 Å². The van der Waals surface area contributed by atoms with E-state index in [0.717, 1.165) is 66.7 Å². The number of hydrogen-bond donors (Lipinski definition) is 3. The number of anilines is 3. The van der Waals surface area contributed by atoms with Crippen LogP contribution in [0, 0.1) is 13.8 Å². The minimum absolute atomic E-state index is 0.238. The second kappa shape index (κ2) is 12.9. The number of hydrazine groups is 1. The fraction of sp³-hybridized carbons (Fsp3) is 0.438. The number of amides is 2. The van der Waals surface area contributed by atoms with Gasteiger partial charge in [-0.05, 0) is 69.6 Å². The Bertz CT molecular complexity index is 1340. The molecule has 1 fully saturated rings. The van der Waals surface area contributed by atoms with Crippen LogP contribution in [-0.2, 0) is 0 Å². The molecule has 10 nitrogen and oxygen atoms in total. The summed E-state index contributed by atoms with van der Waals surface area (Å²) in [5, 5.41) is 8.75. The molecule has 3 N–H and O–H groups in total. The summed E-state index contributed by atoms with van der Waals surface area (Å²) < 4.78 is 0. The number of piperazine rings is 1. The third-order valence-electron chi connectivity index (χ3n) is 8.17. The number of likely N-dealkylation sites (N-methyl/N-ethyl adjacent to an activating group) is 1. The monoisotopic (exact) mass is 571 g/mol. The fourth-order valence-corrected chi connectivity index (χ4v) is 5.47. The average Bonchev–Trinajstić information content (AvgIpc) is 3.47. The van der Waals surface area contributed by atoms with Crippen LogP contribution in [0.2, 0.25) is 0 Å². The van der Waals surface area contributed by atoms with Crippen molar-refractivity contribution >= 4 is 28.9 Å². The molecule has 0 bridgehead atoms. The summed E-state index contributed by atoms with van der Waals surface area (Å²) in [6.45, 7) is 16.8. The van der Waals surface area contributed by atoms with Crippen molar-refractivity contribution in [3.63, 3.8) is 0 Å². The molecule has 5 rings (SSSR count). The molecular weight excluding hydrogens is 526 g/mol. The molecule has 42 heavy (non-hydrogen) atoms.